The van der Waals surface area contributed by atoms with Crippen molar-refractivity contribution in [1.29, 1.82) is 0 Å². The predicted molar refractivity (Wildman–Crippen MR) is 107 cm³/mol. The predicted octanol–water partition coefficient (Wildman–Crippen LogP) is 2.98. The van der Waals surface area contributed by atoms with Crippen LogP contribution in [0.4, 0.5) is 5.95 Å². The van der Waals surface area contributed by atoms with Crippen molar-refractivity contribution in [2.45, 2.75) is 32.2 Å². The number of fused-ring (bicyclic) bond motifs is 1. The van der Waals surface area contributed by atoms with Crippen LogP contribution in [-0.4, -0.2) is 59.2 Å². The van der Waals surface area contributed by atoms with Crippen LogP contribution < -0.4 is 4.90 Å². The second-order valence-electron chi connectivity index (χ2n) is 7.37. The molecule has 0 radical (unpaired) electrons. The van der Waals surface area contributed by atoms with Gasteiger partial charge >= 0.3 is 0 Å². The van der Waals surface area contributed by atoms with Gasteiger partial charge in [-0.25, -0.2) is 4.98 Å². The quantitative estimate of drug-likeness (QED) is 0.762. The van der Waals surface area contributed by atoms with Gasteiger partial charge in [0.15, 0.2) is 0 Å². The molecule has 0 aliphatic carbocycles. The summed E-state index contributed by atoms with van der Waals surface area (Å²) in [6, 6.07) is 6.12. The first-order valence-corrected chi connectivity index (χ1v) is 9.96. The molecule has 3 heterocycles. The second kappa shape index (κ2) is 7.72. The first kappa shape index (κ1) is 18.0. The topological polar surface area (TPSA) is 50.6 Å². The minimum atomic E-state index is 0.0987. The van der Waals surface area contributed by atoms with E-state index in [-0.39, 0.29) is 11.9 Å². The summed E-state index contributed by atoms with van der Waals surface area (Å²) < 4.78 is 7.55. The number of aromatic nitrogens is 2. The second-order valence-corrected chi connectivity index (χ2v) is 7.37. The molecule has 4 rings (SSSR count). The van der Waals surface area contributed by atoms with E-state index in [1.54, 1.807) is 0 Å². The lowest BCUT2D eigenvalue weighted by atomic mass is 10.1. The van der Waals surface area contributed by atoms with Gasteiger partial charge in [0.05, 0.1) is 30.3 Å². The monoisotopic (exact) mass is 368 g/mol. The van der Waals surface area contributed by atoms with Crippen molar-refractivity contribution in [3.63, 3.8) is 0 Å². The molecule has 0 bridgehead atoms. The van der Waals surface area contributed by atoms with Crippen LogP contribution in [0, 0.1) is 0 Å². The summed E-state index contributed by atoms with van der Waals surface area (Å²) in [5, 5.41) is 0. The average Bonchev–Trinajstić information content (AvgIpc) is 3.30. The van der Waals surface area contributed by atoms with Crippen molar-refractivity contribution in [3.8, 4) is 0 Å². The maximum absolute atomic E-state index is 13.1. The number of hydrogen-bond donors (Lipinski definition) is 0. The fourth-order valence-corrected chi connectivity index (χ4v) is 4.00. The molecule has 1 saturated heterocycles. The first-order valence-electron chi connectivity index (χ1n) is 9.96. The number of amides is 1. The lowest BCUT2D eigenvalue weighted by Crippen LogP contribution is -2.37. The van der Waals surface area contributed by atoms with Gasteiger partial charge in [0.25, 0.3) is 5.91 Å². The van der Waals surface area contributed by atoms with Crippen molar-refractivity contribution in [2.75, 3.05) is 37.7 Å². The molecule has 27 heavy (non-hydrogen) atoms. The number of morpholine rings is 1. The fraction of sp³-hybridized carbons (Fsp3) is 0.524. The Morgan fingerprint density at radius 2 is 2.11 bits per heavy atom. The van der Waals surface area contributed by atoms with Crippen molar-refractivity contribution in [2.24, 2.45) is 7.05 Å². The number of ether oxygens (including phenoxy) is 1. The Morgan fingerprint density at radius 3 is 2.89 bits per heavy atom. The number of imidazole rings is 1. The third-order valence-corrected chi connectivity index (χ3v) is 5.57. The van der Waals surface area contributed by atoms with Gasteiger partial charge in [-0.1, -0.05) is 31.9 Å². The fourth-order valence-electron chi connectivity index (χ4n) is 4.00. The molecule has 1 amide bonds. The highest BCUT2D eigenvalue weighted by Crippen LogP contribution is 2.25. The molecule has 1 aromatic carbocycles. The Balaban J connectivity index is 1.58. The van der Waals surface area contributed by atoms with E-state index in [1.165, 1.54) is 0 Å². The van der Waals surface area contributed by atoms with Gasteiger partial charge in [-0.2, -0.15) is 0 Å². The molecule has 2 aliphatic heterocycles. The van der Waals surface area contributed by atoms with Crippen LogP contribution in [0.3, 0.4) is 0 Å². The van der Waals surface area contributed by atoms with Gasteiger partial charge in [0.1, 0.15) is 0 Å². The van der Waals surface area contributed by atoms with E-state index in [2.05, 4.69) is 28.5 Å². The van der Waals surface area contributed by atoms with Crippen LogP contribution in [-0.2, 0) is 11.8 Å². The van der Waals surface area contributed by atoms with Gasteiger partial charge in [0, 0.05) is 32.2 Å². The van der Waals surface area contributed by atoms with Crippen LogP contribution >= 0.6 is 0 Å². The van der Waals surface area contributed by atoms with Crippen molar-refractivity contribution >= 4 is 22.9 Å². The van der Waals surface area contributed by atoms with E-state index < -0.39 is 0 Å². The smallest absolute Gasteiger partial charge is 0.254 e. The molecule has 144 valence electrons. The number of nitrogens with zero attached hydrogens (tertiary/aromatic N) is 4. The Hall–Kier alpha value is -2.34. The Bertz CT molecular complexity index is 851. The Morgan fingerprint density at radius 1 is 1.30 bits per heavy atom. The van der Waals surface area contributed by atoms with E-state index in [9.17, 15) is 4.79 Å². The number of aryl methyl sites for hydroxylation is 1. The lowest BCUT2D eigenvalue weighted by molar-refractivity contribution is 0.0743. The molecular weight excluding hydrogens is 340 g/mol. The molecule has 1 unspecified atom stereocenters. The molecule has 0 spiro atoms. The number of carbonyl (C=O) groups excluding carboxylic acids is 1. The summed E-state index contributed by atoms with van der Waals surface area (Å²) in [4.78, 5) is 22.1. The summed E-state index contributed by atoms with van der Waals surface area (Å²) >= 11 is 0. The highest BCUT2D eigenvalue weighted by atomic mass is 16.5. The van der Waals surface area contributed by atoms with E-state index in [0.29, 0.717) is 6.54 Å². The Labute approximate surface area is 160 Å². The number of unbranched alkanes of at least 4 members (excludes halogenated alkanes) is 1. The highest BCUT2D eigenvalue weighted by Gasteiger charge is 2.26. The maximum atomic E-state index is 13.1. The molecule has 1 aromatic heterocycles. The summed E-state index contributed by atoms with van der Waals surface area (Å²) in [5.74, 6) is 1.04. The van der Waals surface area contributed by atoms with Gasteiger partial charge < -0.3 is 19.1 Å². The number of hydrogen-bond acceptors (Lipinski definition) is 4. The van der Waals surface area contributed by atoms with Crippen LogP contribution in [0.15, 0.2) is 30.4 Å². The zero-order valence-electron chi connectivity index (χ0n) is 16.2. The third kappa shape index (κ3) is 3.46. The molecule has 1 atom stereocenters. The average molecular weight is 368 g/mol. The summed E-state index contributed by atoms with van der Waals surface area (Å²) in [5.41, 5.74) is 2.65. The van der Waals surface area contributed by atoms with Gasteiger partial charge in [0.2, 0.25) is 5.95 Å². The molecule has 2 aliphatic rings. The highest BCUT2D eigenvalue weighted by molar-refractivity contribution is 5.98. The van der Waals surface area contributed by atoms with Gasteiger partial charge in [-0.15, -0.1) is 0 Å². The summed E-state index contributed by atoms with van der Waals surface area (Å²) in [7, 11) is 2.03. The van der Waals surface area contributed by atoms with E-state index in [4.69, 9.17) is 9.72 Å². The minimum Gasteiger partial charge on any atom is -0.378 e. The van der Waals surface area contributed by atoms with E-state index in [1.807, 2.05) is 30.1 Å². The molecular formula is C21H28N4O2. The minimum absolute atomic E-state index is 0.0987. The standard InChI is InChI=1S/C21H28N4O2/c1-3-4-6-17-7-5-10-25(17)20(26)16-8-9-19-18(15-16)22-21(23(19)2)24-11-13-27-14-12-24/h5,7-9,15,17H,3-4,6,10-14H2,1-2H3. The molecule has 0 N–H and O–H groups in total. The Kier molecular flexibility index (Phi) is 5.16. The zero-order valence-corrected chi connectivity index (χ0v) is 16.2. The molecule has 2 aromatic rings. The van der Waals surface area contributed by atoms with Crippen LogP contribution in [0.25, 0.3) is 11.0 Å². The number of rotatable bonds is 5. The lowest BCUT2D eigenvalue weighted by Gasteiger charge is -2.27. The van der Waals surface area contributed by atoms with Crippen molar-refractivity contribution in [3.05, 3.63) is 35.9 Å². The third-order valence-electron chi connectivity index (χ3n) is 5.57. The van der Waals surface area contributed by atoms with Crippen molar-refractivity contribution in [1.82, 2.24) is 14.5 Å². The number of benzene rings is 1. The maximum Gasteiger partial charge on any atom is 0.254 e. The molecule has 1 fully saturated rings. The van der Waals surface area contributed by atoms with E-state index >= 15 is 0 Å². The molecule has 6 nitrogen and oxygen atoms in total. The first-order chi connectivity index (χ1) is 13.2. The van der Waals surface area contributed by atoms with Crippen LogP contribution in [0.5, 0.6) is 0 Å². The van der Waals surface area contributed by atoms with E-state index in [0.717, 1.165) is 68.1 Å². The molecule has 6 heteroatoms. The van der Waals surface area contributed by atoms with Crippen LogP contribution in [0.1, 0.15) is 36.5 Å². The zero-order chi connectivity index (χ0) is 18.8. The SMILES string of the molecule is CCCCC1C=CCN1C(=O)c1ccc2c(c1)nc(N1CCOCC1)n2C. The normalized spacial score (nSPS) is 20.0. The van der Waals surface area contributed by atoms with Gasteiger partial charge in [-0.05, 0) is 24.6 Å². The van der Waals surface area contributed by atoms with Crippen LogP contribution in [0.2, 0.25) is 0 Å². The summed E-state index contributed by atoms with van der Waals surface area (Å²) in [6.45, 7) is 6.05. The largest absolute Gasteiger partial charge is 0.378 e. The van der Waals surface area contributed by atoms with Gasteiger partial charge in [-0.3, -0.25) is 4.79 Å². The number of anilines is 1. The van der Waals surface area contributed by atoms with Crippen molar-refractivity contribution < 1.29 is 9.53 Å². The number of carbonyl (C=O) groups is 1. The summed E-state index contributed by atoms with van der Waals surface area (Å²) in [6.07, 6.45) is 7.60. The molecule has 0 saturated carbocycles.